The van der Waals surface area contributed by atoms with Crippen molar-refractivity contribution in [2.24, 2.45) is 11.7 Å². The average molecular weight is 214 g/mol. The molecule has 0 aliphatic carbocycles. The number of rotatable bonds is 4. The third-order valence-corrected chi connectivity index (χ3v) is 3.20. The fourth-order valence-electron chi connectivity index (χ4n) is 2.37. The van der Waals surface area contributed by atoms with E-state index in [0.717, 1.165) is 32.7 Å². The molecule has 2 unspecified atom stereocenters. The van der Waals surface area contributed by atoms with E-state index in [1.165, 1.54) is 0 Å². The summed E-state index contributed by atoms with van der Waals surface area (Å²) in [5.74, 6) is 0.608. The van der Waals surface area contributed by atoms with E-state index in [-0.39, 0.29) is 5.60 Å². The Labute approximate surface area is 94.0 Å². The minimum absolute atomic E-state index is 0.0318. The molecule has 2 atom stereocenters. The first-order valence-corrected chi connectivity index (χ1v) is 6.06. The van der Waals surface area contributed by atoms with Crippen molar-refractivity contribution in [3.05, 3.63) is 0 Å². The van der Waals surface area contributed by atoms with Gasteiger partial charge in [-0.15, -0.1) is 0 Å². The minimum Gasteiger partial charge on any atom is -0.375 e. The summed E-state index contributed by atoms with van der Waals surface area (Å²) in [4.78, 5) is 2.48. The molecule has 1 aliphatic heterocycles. The molecule has 15 heavy (non-hydrogen) atoms. The highest BCUT2D eigenvalue weighted by Gasteiger charge is 2.28. The molecule has 0 bridgehead atoms. The molecule has 0 radical (unpaired) electrons. The molecule has 1 rings (SSSR count). The van der Waals surface area contributed by atoms with Crippen molar-refractivity contribution in [3.8, 4) is 0 Å². The topological polar surface area (TPSA) is 38.5 Å². The molecular weight excluding hydrogens is 188 g/mol. The Morgan fingerprint density at radius 2 is 2.13 bits per heavy atom. The largest absolute Gasteiger partial charge is 0.375 e. The highest BCUT2D eigenvalue weighted by Crippen LogP contribution is 2.19. The van der Waals surface area contributed by atoms with E-state index in [2.05, 4.69) is 32.6 Å². The summed E-state index contributed by atoms with van der Waals surface area (Å²) in [5.41, 5.74) is 5.97. The minimum atomic E-state index is -0.0318. The monoisotopic (exact) mass is 214 g/mol. The van der Waals surface area contributed by atoms with Gasteiger partial charge in [0.05, 0.1) is 5.60 Å². The van der Waals surface area contributed by atoms with Crippen LogP contribution in [-0.4, -0.2) is 42.8 Å². The fourth-order valence-corrected chi connectivity index (χ4v) is 2.37. The predicted molar refractivity (Wildman–Crippen MR) is 63.9 cm³/mol. The lowest BCUT2D eigenvalue weighted by Gasteiger charge is -2.39. The van der Waals surface area contributed by atoms with Crippen LogP contribution in [0.1, 0.15) is 34.1 Å². The van der Waals surface area contributed by atoms with Gasteiger partial charge >= 0.3 is 0 Å². The van der Waals surface area contributed by atoms with Crippen molar-refractivity contribution < 1.29 is 4.74 Å². The molecule has 0 aromatic rings. The Balaban J connectivity index is 2.39. The molecule has 1 heterocycles. The summed E-state index contributed by atoms with van der Waals surface area (Å²) < 4.78 is 5.72. The molecular formula is C12H26N2O. The van der Waals surface area contributed by atoms with Gasteiger partial charge in [0.15, 0.2) is 0 Å². The third-order valence-electron chi connectivity index (χ3n) is 3.20. The van der Waals surface area contributed by atoms with E-state index in [1.807, 2.05) is 0 Å². The number of hydrogen-bond donors (Lipinski definition) is 1. The lowest BCUT2D eigenvalue weighted by atomic mass is 9.94. The number of nitrogens with zero attached hydrogens (tertiary/aromatic N) is 1. The van der Waals surface area contributed by atoms with Gasteiger partial charge in [0.2, 0.25) is 0 Å². The van der Waals surface area contributed by atoms with Crippen LogP contribution < -0.4 is 5.73 Å². The van der Waals surface area contributed by atoms with Crippen LogP contribution in [0.4, 0.5) is 0 Å². The smallest absolute Gasteiger partial charge is 0.0752 e. The first kappa shape index (κ1) is 12.9. The van der Waals surface area contributed by atoms with Crippen molar-refractivity contribution in [3.63, 3.8) is 0 Å². The number of ether oxygens (including phenoxy) is 1. The molecule has 0 aromatic heterocycles. The van der Waals surface area contributed by atoms with Gasteiger partial charge in [-0.3, -0.25) is 0 Å². The molecule has 0 spiro atoms. The second-order valence-electron chi connectivity index (χ2n) is 5.36. The summed E-state index contributed by atoms with van der Waals surface area (Å²) in [7, 11) is 0. The average Bonchev–Trinajstić information content (AvgIpc) is 2.10. The summed E-state index contributed by atoms with van der Waals surface area (Å²) in [6.07, 6.45) is 1.11. The van der Waals surface area contributed by atoms with Gasteiger partial charge in [-0.25, -0.2) is 0 Å². The van der Waals surface area contributed by atoms with Crippen molar-refractivity contribution in [2.45, 2.75) is 45.8 Å². The zero-order valence-corrected chi connectivity index (χ0v) is 10.6. The summed E-state index contributed by atoms with van der Waals surface area (Å²) in [5, 5.41) is 0. The van der Waals surface area contributed by atoms with E-state index in [9.17, 15) is 0 Å². The van der Waals surface area contributed by atoms with E-state index in [0.29, 0.717) is 12.0 Å². The van der Waals surface area contributed by atoms with Crippen LogP contribution >= 0.6 is 0 Å². The summed E-state index contributed by atoms with van der Waals surface area (Å²) in [6.45, 7) is 12.6. The van der Waals surface area contributed by atoms with E-state index in [4.69, 9.17) is 10.5 Å². The van der Waals surface area contributed by atoms with Gasteiger partial charge < -0.3 is 15.4 Å². The molecule has 3 heteroatoms. The van der Waals surface area contributed by atoms with E-state index >= 15 is 0 Å². The van der Waals surface area contributed by atoms with E-state index < -0.39 is 0 Å². The van der Waals surface area contributed by atoms with Crippen molar-refractivity contribution in [2.75, 3.05) is 26.2 Å². The Bertz CT molecular complexity index is 194. The molecule has 1 aliphatic rings. The Kier molecular flexibility index (Phi) is 4.56. The normalized spacial score (nSPS) is 29.4. The van der Waals surface area contributed by atoms with Crippen molar-refractivity contribution in [1.82, 2.24) is 4.90 Å². The van der Waals surface area contributed by atoms with Crippen LogP contribution in [-0.2, 0) is 4.74 Å². The van der Waals surface area contributed by atoms with Crippen LogP contribution in [0.5, 0.6) is 0 Å². The van der Waals surface area contributed by atoms with Gasteiger partial charge in [-0.05, 0) is 39.7 Å². The molecule has 1 saturated heterocycles. The van der Waals surface area contributed by atoms with E-state index in [1.54, 1.807) is 0 Å². The molecule has 1 fully saturated rings. The van der Waals surface area contributed by atoms with Gasteiger partial charge in [0.25, 0.3) is 0 Å². The van der Waals surface area contributed by atoms with Crippen LogP contribution in [0.25, 0.3) is 0 Å². The lowest BCUT2D eigenvalue weighted by molar-refractivity contribution is -0.0413. The van der Waals surface area contributed by atoms with Gasteiger partial charge in [-0.2, -0.15) is 0 Å². The molecule has 0 saturated carbocycles. The maximum atomic E-state index is 6.00. The first-order valence-electron chi connectivity index (χ1n) is 6.06. The molecule has 3 nitrogen and oxygen atoms in total. The fraction of sp³-hybridized carbons (Fsp3) is 1.00. The van der Waals surface area contributed by atoms with Gasteiger partial charge in [0, 0.05) is 25.7 Å². The van der Waals surface area contributed by atoms with Crippen LogP contribution in [0.2, 0.25) is 0 Å². The number of hydrogen-bond acceptors (Lipinski definition) is 3. The SMILES string of the molecule is CCOC(C)(C)CN1CCC(N)C(C)C1. The lowest BCUT2D eigenvalue weighted by Crippen LogP contribution is -2.50. The van der Waals surface area contributed by atoms with Gasteiger partial charge in [0.1, 0.15) is 0 Å². The van der Waals surface area contributed by atoms with Crippen molar-refractivity contribution >= 4 is 0 Å². The molecule has 90 valence electrons. The highest BCUT2D eigenvalue weighted by molar-refractivity contribution is 4.83. The zero-order valence-electron chi connectivity index (χ0n) is 10.6. The number of nitrogens with two attached hydrogens (primary N) is 1. The van der Waals surface area contributed by atoms with Crippen LogP contribution in [0.3, 0.4) is 0 Å². The maximum absolute atomic E-state index is 6.00. The maximum Gasteiger partial charge on any atom is 0.0752 e. The van der Waals surface area contributed by atoms with Crippen LogP contribution in [0.15, 0.2) is 0 Å². The number of piperidine rings is 1. The van der Waals surface area contributed by atoms with Crippen LogP contribution in [0, 0.1) is 5.92 Å². The Morgan fingerprint density at radius 3 is 2.67 bits per heavy atom. The van der Waals surface area contributed by atoms with Gasteiger partial charge in [-0.1, -0.05) is 6.92 Å². The molecule has 0 aromatic carbocycles. The Hall–Kier alpha value is -0.120. The zero-order chi connectivity index (χ0) is 11.5. The second kappa shape index (κ2) is 5.28. The first-order chi connectivity index (χ1) is 6.94. The highest BCUT2D eigenvalue weighted by atomic mass is 16.5. The summed E-state index contributed by atoms with van der Waals surface area (Å²) >= 11 is 0. The molecule has 2 N–H and O–H groups in total. The number of likely N-dealkylation sites (tertiary alicyclic amines) is 1. The predicted octanol–water partition coefficient (Wildman–Crippen LogP) is 1.47. The Morgan fingerprint density at radius 1 is 1.47 bits per heavy atom. The third kappa shape index (κ3) is 4.09. The summed E-state index contributed by atoms with van der Waals surface area (Å²) in [6, 6.07) is 0.386. The van der Waals surface area contributed by atoms with Crippen molar-refractivity contribution in [1.29, 1.82) is 0 Å². The quantitative estimate of drug-likeness (QED) is 0.770. The second-order valence-corrected chi connectivity index (χ2v) is 5.36. The molecule has 0 amide bonds. The standard InChI is InChI=1S/C12H26N2O/c1-5-15-12(3,4)9-14-7-6-11(13)10(2)8-14/h10-11H,5-9,13H2,1-4H3.